The van der Waals surface area contributed by atoms with Crippen LogP contribution in [0.2, 0.25) is 0 Å². The number of imide groups is 1. The Morgan fingerprint density at radius 1 is 1.07 bits per heavy atom. The molecule has 1 aromatic carbocycles. The number of aromatic amines is 1. The molecule has 3 amide bonds. The fourth-order valence-corrected chi connectivity index (χ4v) is 3.35. The molecule has 0 aliphatic carbocycles. The van der Waals surface area contributed by atoms with Crippen LogP contribution in [0.1, 0.15) is 4.88 Å². The number of carbonyl (C=O) groups is 3. The van der Waals surface area contributed by atoms with Gasteiger partial charge in [0.25, 0.3) is 17.0 Å². The van der Waals surface area contributed by atoms with Crippen LogP contribution in [0.25, 0.3) is 10.8 Å². The summed E-state index contributed by atoms with van der Waals surface area (Å²) in [4.78, 5) is 60.7. The molecule has 0 fully saturated rings. The Balaban J connectivity index is 1.46. The van der Waals surface area contributed by atoms with E-state index in [9.17, 15) is 24.0 Å². The molecule has 0 atom stereocenters. The van der Waals surface area contributed by atoms with Gasteiger partial charge in [0.1, 0.15) is 6.54 Å². The number of urea groups is 1. The van der Waals surface area contributed by atoms with Gasteiger partial charge in [0.05, 0.1) is 10.8 Å². The Kier molecular flexibility index (Phi) is 6.75. The molecule has 0 bridgehead atoms. The van der Waals surface area contributed by atoms with Crippen molar-refractivity contribution in [2.45, 2.75) is 13.0 Å². The van der Waals surface area contributed by atoms with E-state index in [1.54, 1.807) is 23.5 Å². The van der Waals surface area contributed by atoms with Gasteiger partial charge in [-0.1, -0.05) is 18.2 Å². The highest BCUT2D eigenvalue weighted by Gasteiger charge is 2.14. The second-order valence-corrected chi connectivity index (χ2v) is 7.20. The van der Waals surface area contributed by atoms with E-state index in [2.05, 4.69) is 10.4 Å². The highest BCUT2D eigenvalue weighted by molar-refractivity contribution is 7.09. The SMILES string of the molecule is O=C(COC(=O)Cn1[nH]c(=O)c2ccccc2c1=O)NC(=O)NCCc1cccs1. The number of carbonyl (C=O) groups excluding carboxylic acids is 3. The second kappa shape index (κ2) is 9.65. The number of esters is 1. The zero-order valence-corrected chi connectivity index (χ0v) is 16.5. The minimum atomic E-state index is -0.920. The molecule has 3 N–H and O–H groups in total. The first-order valence-electron chi connectivity index (χ1n) is 8.91. The smallest absolute Gasteiger partial charge is 0.328 e. The van der Waals surface area contributed by atoms with Gasteiger partial charge in [-0.3, -0.25) is 29.6 Å². The summed E-state index contributed by atoms with van der Waals surface area (Å²) < 4.78 is 5.58. The molecule has 156 valence electrons. The molecule has 0 unspecified atom stereocenters. The van der Waals surface area contributed by atoms with Gasteiger partial charge in [0.2, 0.25) is 0 Å². The average Bonchev–Trinajstić information content (AvgIpc) is 3.24. The Hall–Kier alpha value is -3.73. The number of hydrogen-bond acceptors (Lipinski definition) is 7. The van der Waals surface area contributed by atoms with Gasteiger partial charge in [-0.15, -0.1) is 11.3 Å². The second-order valence-electron chi connectivity index (χ2n) is 6.17. The predicted octanol–water partition coefficient (Wildman–Crippen LogP) is 0.363. The lowest BCUT2D eigenvalue weighted by atomic mass is 10.2. The van der Waals surface area contributed by atoms with E-state index in [1.165, 1.54) is 12.1 Å². The molecule has 30 heavy (non-hydrogen) atoms. The van der Waals surface area contributed by atoms with Crippen LogP contribution in [0.4, 0.5) is 4.79 Å². The van der Waals surface area contributed by atoms with Crippen molar-refractivity contribution in [3.63, 3.8) is 0 Å². The van der Waals surface area contributed by atoms with Crippen molar-refractivity contribution in [3.8, 4) is 0 Å². The number of hydrogen-bond donors (Lipinski definition) is 3. The third kappa shape index (κ3) is 5.41. The van der Waals surface area contributed by atoms with Crippen molar-refractivity contribution >= 4 is 40.0 Å². The number of aromatic nitrogens is 2. The fraction of sp³-hybridized carbons (Fsp3) is 0.211. The number of amides is 3. The van der Waals surface area contributed by atoms with Gasteiger partial charge < -0.3 is 10.1 Å². The number of rotatable bonds is 7. The van der Waals surface area contributed by atoms with Crippen LogP contribution in [0.5, 0.6) is 0 Å². The third-order valence-corrected chi connectivity index (χ3v) is 4.96. The Bertz CT molecular complexity index is 1180. The van der Waals surface area contributed by atoms with Gasteiger partial charge in [-0.25, -0.2) is 9.48 Å². The maximum absolute atomic E-state index is 12.3. The predicted molar refractivity (Wildman–Crippen MR) is 109 cm³/mol. The van der Waals surface area contributed by atoms with Gasteiger partial charge in [-0.05, 0) is 30.0 Å². The van der Waals surface area contributed by atoms with Crippen molar-refractivity contribution in [2.75, 3.05) is 13.2 Å². The zero-order chi connectivity index (χ0) is 21.5. The minimum Gasteiger partial charge on any atom is -0.454 e. The van der Waals surface area contributed by atoms with Crippen molar-refractivity contribution in [1.82, 2.24) is 20.4 Å². The van der Waals surface area contributed by atoms with Gasteiger partial charge >= 0.3 is 12.0 Å². The highest BCUT2D eigenvalue weighted by atomic mass is 32.1. The van der Waals surface area contributed by atoms with Crippen LogP contribution in [0, 0.1) is 0 Å². The lowest BCUT2D eigenvalue weighted by Gasteiger charge is -2.08. The van der Waals surface area contributed by atoms with E-state index in [0.29, 0.717) is 13.0 Å². The number of thiophene rings is 1. The first-order chi connectivity index (χ1) is 14.4. The standard InChI is InChI=1S/C19H18N4O6S/c24-15(21-19(28)20-8-7-12-4-3-9-30-12)11-29-16(25)10-23-18(27)14-6-2-1-5-13(14)17(26)22-23/h1-6,9H,7-8,10-11H2,(H,22,26)(H2,20,21,24,28). The van der Waals surface area contributed by atoms with E-state index in [4.69, 9.17) is 4.74 Å². The number of nitrogens with one attached hydrogen (secondary N) is 3. The van der Waals surface area contributed by atoms with Gasteiger partial charge in [0.15, 0.2) is 6.61 Å². The molecule has 2 aromatic heterocycles. The van der Waals surface area contributed by atoms with E-state index in [1.807, 2.05) is 22.8 Å². The van der Waals surface area contributed by atoms with E-state index < -0.39 is 42.2 Å². The van der Waals surface area contributed by atoms with Crippen LogP contribution in [-0.4, -0.2) is 40.8 Å². The number of ether oxygens (including phenoxy) is 1. The molecule has 3 aromatic rings. The molecule has 2 heterocycles. The van der Waals surface area contributed by atoms with Gasteiger partial charge in [-0.2, -0.15) is 0 Å². The molecule has 0 aliphatic heterocycles. The molecule has 0 aliphatic rings. The normalized spacial score (nSPS) is 10.5. The maximum atomic E-state index is 12.3. The molecule has 0 spiro atoms. The highest BCUT2D eigenvalue weighted by Crippen LogP contribution is 2.08. The summed E-state index contributed by atoms with van der Waals surface area (Å²) in [6.45, 7) is -0.944. The summed E-state index contributed by atoms with van der Waals surface area (Å²) in [5.74, 6) is -1.74. The third-order valence-electron chi connectivity index (χ3n) is 4.03. The number of nitrogens with zero attached hydrogens (tertiary/aromatic N) is 1. The molecule has 0 saturated heterocycles. The zero-order valence-electron chi connectivity index (χ0n) is 15.7. The van der Waals surface area contributed by atoms with E-state index >= 15 is 0 Å². The molecule has 3 rings (SSSR count). The molecular formula is C19H18N4O6S. The summed E-state index contributed by atoms with van der Waals surface area (Å²) >= 11 is 1.56. The van der Waals surface area contributed by atoms with Crippen molar-refractivity contribution < 1.29 is 19.1 Å². The summed E-state index contributed by atoms with van der Waals surface area (Å²) in [7, 11) is 0. The van der Waals surface area contributed by atoms with Crippen molar-refractivity contribution in [2.24, 2.45) is 0 Å². The largest absolute Gasteiger partial charge is 0.454 e. The molecule has 11 heteroatoms. The summed E-state index contributed by atoms with van der Waals surface area (Å²) in [6, 6.07) is 9.31. The van der Waals surface area contributed by atoms with Crippen LogP contribution in [0.15, 0.2) is 51.4 Å². The summed E-state index contributed by atoms with van der Waals surface area (Å²) in [5, 5.41) is 9.13. The topological polar surface area (TPSA) is 139 Å². The molecule has 0 radical (unpaired) electrons. The van der Waals surface area contributed by atoms with E-state index in [0.717, 1.165) is 9.56 Å². The summed E-state index contributed by atoms with van der Waals surface area (Å²) in [6.07, 6.45) is 0.632. The number of H-pyrrole nitrogens is 1. The fourth-order valence-electron chi connectivity index (χ4n) is 2.64. The quantitative estimate of drug-likeness (QED) is 0.463. The van der Waals surface area contributed by atoms with Gasteiger partial charge in [0, 0.05) is 11.4 Å². The maximum Gasteiger partial charge on any atom is 0.328 e. The molecule has 10 nitrogen and oxygen atoms in total. The Morgan fingerprint density at radius 2 is 1.83 bits per heavy atom. The van der Waals surface area contributed by atoms with E-state index in [-0.39, 0.29) is 10.8 Å². The lowest BCUT2D eigenvalue weighted by molar-refractivity contribution is -0.149. The first kappa shape index (κ1) is 21.0. The van der Waals surface area contributed by atoms with Crippen molar-refractivity contribution in [3.05, 3.63) is 67.4 Å². The molecular weight excluding hydrogens is 412 g/mol. The Morgan fingerprint density at radius 3 is 2.57 bits per heavy atom. The lowest BCUT2D eigenvalue weighted by Crippen LogP contribution is -2.42. The average molecular weight is 430 g/mol. The first-order valence-corrected chi connectivity index (χ1v) is 9.79. The number of benzene rings is 1. The van der Waals surface area contributed by atoms with Crippen LogP contribution < -0.4 is 21.8 Å². The minimum absolute atomic E-state index is 0.158. The van der Waals surface area contributed by atoms with Crippen LogP contribution in [0.3, 0.4) is 0 Å². The monoisotopic (exact) mass is 430 g/mol. The van der Waals surface area contributed by atoms with Crippen LogP contribution in [-0.2, 0) is 27.3 Å². The Labute approximate surface area is 173 Å². The summed E-state index contributed by atoms with van der Waals surface area (Å²) in [5.41, 5.74) is -1.10. The molecule has 0 saturated carbocycles. The van der Waals surface area contributed by atoms with Crippen molar-refractivity contribution in [1.29, 1.82) is 0 Å². The van der Waals surface area contributed by atoms with Crippen LogP contribution >= 0.6 is 11.3 Å². The number of fused-ring (bicyclic) bond motifs is 1.